The number of likely N-dealkylation sites (N-methyl/N-ethyl adjacent to an activating group) is 1. The highest BCUT2D eigenvalue weighted by molar-refractivity contribution is 5.93. The highest BCUT2D eigenvalue weighted by Gasteiger charge is 2.55. The molecule has 1 aromatic carbocycles. The lowest BCUT2D eigenvalue weighted by Crippen LogP contribution is -2.86. The second kappa shape index (κ2) is 12.8. The van der Waals surface area contributed by atoms with E-state index >= 15 is 0 Å². The van der Waals surface area contributed by atoms with E-state index in [1.807, 2.05) is 0 Å². The number of nitrogens with zero attached hydrogens (tertiary/aromatic N) is 6. The number of aryl methyl sites for hydroxylation is 1. The summed E-state index contributed by atoms with van der Waals surface area (Å²) in [5.74, 6) is 0.968. The van der Waals surface area contributed by atoms with Crippen LogP contribution in [0.2, 0.25) is 0 Å². The van der Waals surface area contributed by atoms with Crippen LogP contribution in [0.25, 0.3) is 0 Å². The number of hydrogen-bond donors (Lipinski definition) is 3. The van der Waals surface area contributed by atoms with E-state index in [2.05, 4.69) is 57.5 Å². The van der Waals surface area contributed by atoms with Crippen LogP contribution in [-0.4, -0.2) is 91.4 Å². The van der Waals surface area contributed by atoms with Gasteiger partial charge >= 0.3 is 6.01 Å². The van der Waals surface area contributed by atoms with E-state index in [1.54, 1.807) is 0 Å². The minimum Gasteiger partial charge on any atom is -0.455 e. The van der Waals surface area contributed by atoms with Gasteiger partial charge in [0.25, 0.3) is 0 Å². The summed E-state index contributed by atoms with van der Waals surface area (Å²) in [7, 11) is 2.21. The molecule has 0 bridgehead atoms. The van der Waals surface area contributed by atoms with Gasteiger partial charge in [-0.25, -0.2) is 0 Å². The SMILES string of the molecule is Cc1ccc([NH2+]C2CCCCO2)c(C=N)c1N1CCc2c(nc(OC3(C4CCCN4C)CC3)nc2N2CCNC(CC#N)C2)C1. The molecule has 0 amide bonds. The maximum atomic E-state index is 9.40. The smallest absolute Gasteiger partial charge is 0.319 e. The van der Waals surface area contributed by atoms with E-state index in [0.717, 1.165) is 112 Å². The molecular weight excluding hydrogens is 566 g/mol. The lowest BCUT2D eigenvalue weighted by molar-refractivity contribution is -0.660. The number of piperazine rings is 1. The highest BCUT2D eigenvalue weighted by atomic mass is 16.5. The van der Waals surface area contributed by atoms with E-state index in [9.17, 15) is 5.26 Å². The van der Waals surface area contributed by atoms with Crippen molar-refractivity contribution >= 4 is 23.4 Å². The molecule has 4 aliphatic heterocycles. The van der Waals surface area contributed by atoms with Crippen molar-refractivity contribution in [1.29, 1.82) is 10.7 Å². The summed E-state index contributed by atoms with van der Waals surface area (Å²) in [6.07, 6.45) is 10.7. The predicted octanol–water partition coefficient (Wildman–Crippen LogP) is 2.76. The number of rotatable bonds is 9. The number of nitrogens with one attached hydrogen (secondary N) is 2. The fourth-order valence-electron chi connectivity index (χ4n) is 8.08. The Morgan fingerprint density at radius 2 is 2.07 bits per heavy atom. The van der Waals surface area contributed by atoms with Crippen LogP contribution >= 0.6 is 0 Å². The van der Waals surface area contributed by atoms with Crippen molar-refractivity contribution in [2.24, 2.45) is 0 Å². The first-order chi connectivity index (χ1) is 22.0. The summed E-state index contributed by atoms with van der Waals surface area (Å²) in [5, 5.41) is 23.6. The Hall–Kier alpha value is -3.30. The molecular formula is C34H48N9O2+. The first kappa shape index (κ1) is 30.4. The molecule has 0 radical (unpaired) electrons. The molecule has 11 heteroatoms. The molecule has 45 heavy (non-hydrogen) atoms. The number of hydrogen-bond acceptors (Lipinski definition) is 10. The van der Waals surface area contributed by atoms with Crippen molar-refractivity contribution in [3.05, 3.63) is 34.5 Å². The van der Waals surface area contributed by atoms with Crippen molar-refractivity contribution in [1.82, 2.24) is 20.2 Å². The van der Waals surface area contributed by atoms with E-state index in [1.165, 1.54) is 24.6 Å². The average Bonchev–Trinajstić information content (AvgIpc) is 3.69. The molecule has 3 saturated heterocycles. The van der Waals surface area contributed by atoms with E-state index < -0.39 is 0 Å². The zero-order valence-electron chi connectivity index (χ0n) is 26.9. The number of ether oxygens (including phenoxy) is 2. The number of fused-ring (bicyclic) bond motifs is 1. The van der Waals surface area contributed by atoms with Gasteiger partial charge < -0.3 is 30.0 Å². The maximum Gasteiger partial charge on any atom is 0.319 e. The highest BCUT2D eigenvalue weighted by Crippen LogP contribution is 2.48. The van der Waals surface area contributed by atoms with Gasteiger partial charge in [-0.2, -0.15) is 15.2 Å². The summed E-state index contributed by atoms with van der Waals surface area (Å²) < 4.78 is 12.9. The quantitative estimate of drug-likeness (QED) is 0.288. The number of anilines is 2. The van der Waals surface area contributed by atoms with Gasteiger partial charge in [0.1, 0.15) is 17.1 Å². The van der Waals surface area contributed by atoms with Gasteiger partial charge in [0.2, 0.25) is 0 Å². The lowest BCUT2D eigenvalue weighted by atomic mass is 9.99. The standard InChI is InChI=1S/C34H47N9O2/c1-23-8-9-27(38-30-7-3-4-19-44-30)26(20-36)31(23)42-17-11-25-28(22-42)39-33(45-34(12-13-34)29-6-5-16-41(29)2)40-32(25)43-18-15-37-24(21-43)10-14-35/h8-9,20,24,29-30,36-38H,3-7,10-13,15-19,21-22H2,1-2H3/p+1. The molecule has 4 fully saturated rings. The molecule has 3 atom stereocenters. The summed E-state index contributed by atoms with van der Waals surface area (Å²) in [5.41, 5.74) is 6.27. The van der Waals surface area contributed by atoms with Crippen LogP contribution < -0.4 is 25.2 Å². The summed E-state index contributed by atoms with van der Waals surface area (Å²) >= 11 is 0. The molecule has 11 nitrogen and oxygen atoms in total. The molecule has 3 unspecified atom stereocenters. The van der Waals surface area contributed by atoms with Crippen molar-refractivity contribution in [3.63, 3.8) is 0 Å². The molecule has 1 aromatic heterocycles. The van der Waals surface area contributed by atoms with Gasteiger partial charge in [0.05, 0.1) is 42.6 Å². The molecule has 5 aliphatic rings. The molecule has 2 aromatic rings. The number of benzene rings is 1. The molecule has 240 valence electrons. The maximum absolute atomic E-state index is 9.40. The second-order valence-electron chi connectivity index (χ2n) is 13.6. The van der Waals surface area contributed by atoms with Crippen LogP contribution in [0, 0.1) is 23.7 Å². The Morgan fingerprint density at radius 3 is 2.80 bits per heavy atom. The Labute approximate surface area is 266 Å². The Kier molecular flexibility index (Phi) is 8.66. The summed E-state index contributed by atoms with van der Waals surface area (Å²) in [4.78, 5) is 17.5. The lowest BCUT2D eigenvalue weighted by Gasteiger charge is -2.38. The topological polar surface area (TPSA) is 130 Å². The largest absolute Gasteiger partial charge is 0.455 e. The second-order valence-corrected chi connectivity index (χ2v) is 13.6. The van der Waals surface area contributed by atoms with Gasteiger partial charge in [0.15, 0.2) is 6.23 Å². The number of likely N-dealkylation sites (tertiary alicyclic amines) is 1. The first-order valence-electron chi connectivity index (χ1n) is 17.0. The zero-order chi connectivity index (χ0) is 31.0. The number of aromatic nitrogens is 2. The van der Waals surface area contributed by atoms with Crippen LogP contribution in [0.1, 0.15) is 73.8 Å². The van der Waals surface area contributed by atoms with Crippen LogP contribution in [0.3, 0.4) is 0 Å². The van der Waals surface area contributed by atoms with Crippen molar-refractivity contribution < 1.29 is 14.8 Å². The van der Waals surface area contributed by atoms with Gasteiger partial charge in [-0.1, -0.05) is 6.07 Å². The van der Waals surface area contributed by atoms with Crippen LogP contribution in [0.15, 0.2) is 12.1 Å². The Bertz CT molecular complexity index is 1450. The third-order valence-corrected chi connectivity index (χ3v) is 10.6. The fraction of sp³-hybridized carbons (Fsp3) is 0.647. The van der Waals surface area contributed by atoms with Gasteiger partial charge in [-0.05, 0) is 71.0 Å². The van der Waals surface area contributed by atoms with Gasteiger partial charge in [-0.3, -0.25) is 10.2 Å². The van der Waals surface area contributed by atoms with Crippen molar-refractivity contribution in [2.75, 3.05) is 56.2 Å². The van der Waals surface area contributed by atoms with Crippen LogP contribution in [0.5, 0.6) is 6.01 Å². The molecule has 7 rings (SSSR count). The monoisotopic (exact) mass is 614 g/mol. The third-order valence-electron chi connectivity index (χ3n) is 10.6. The average molecular weight is 615 g/mol. The first-order valence-corrected chi connectivity index (χ1v) is 17.0. The minimum absolute atomic E-state index is 0.0997. The van der Waals surface area contributed by atoms with E-state index in [-0.39, 0.29) is 17.9 Å². The summed E-state index contributed by atoms with van der Waals surface area (Å²) in [6.45, 7) is 7.91. The fourth-order valence-corrected chi connectivity index (χ4v) is 8.08. The van der Waals surface area contributed by atoms with E-state index in [0.29, 0.717) is 25.0 Å². The Balaban J connectivity index is 1.22. The van der Waals surface area contributed by atoms with E-state index in [4.69, 9.17) is 24.9 Å². The predicted molar refractivity (Wildman–Crippen MR) is 174 cm³/mol. The molecule has 4 N–H and O–H groups in total. The van der Waals surface area contributed by atoms with Crippen LogP contribution in [0.4, 0.5) is 17.2 Å². The molecule has 1 aliphatic carbocycles. The number of nitrogens with two attached hydrogens (primary N) is 1. The number of nitriles is 1. The van der Waals surface area contributed by atoms with Gasteiger partial charge in [-0.15, -0.1) is 0 Å². The van der Waals surface area contributed by atoms with Gasteiger partial charge in [0, 0.05) is 62.5 Å². The molecule has 1 saturated carbocycles. The summed E-state index contributed by atoms with van der Waals surface area (Å²) in [6, 6.07) is 7.66. The third kappa shape index (κ3) is 6.13. The minimum atomic E-state index is -0.201. The Morgan fingerprint density at radius 1 is 1.18 bits per heavy atom. The van der Waals surface area contributed by atoms with Crippen molar-refractivity contribution in [2.45, 2.75) is 95.2 Å². The molecule has 5 heterocycles. The van der Waals surface area contributed by atoms with Crippen molar-refractivity contribution in [3.8, 4) is 12.1 Å². The normalized spacial score (nSPS) is 26.3. The zero-order valence-corrected chi connectivity index (χ0v) is 26.9. The van der Waals surface area contributed by atoms with Crippen LogP contribution in [-0.2, 0) is 17.7 Å². The molecule has 0 spiro atoms. The number of quaternary nitrogens is 1.